The van der Waals surface area contributed by atoms with E-state index < -0.39 is 0 Å². The summed E-state index contributed by atoms with van der Waals surface area (Å²) in [6.45, 7) is 8.22. The Balaban J connectivity index is 2.41. The van der Waals surface area contributed by atoms with Crippen molar-refractivity contribution in [3.05, 3.63) is 0 Å². The van der Waals surface area contributed by atoms with Gasteiger partial charge in [0, 0.05) is 30.9 Å². The second kappa shape index (κ2) is 6.77. The molecule has 2 nitrogen and oxygen atoms in total. The monoisotopic (exact) mass is 231 g/mol. The van der Waals surface area contributed by atoms with Crippen molar-refractivity contribution in [2.24, 2.45) is 5.41 Å². The predicted octanol–water partition coefficient (Wildman–Crippen LogP) is 2.22. The van der Waals surface area contributed by atoms with Gasteiger partial charge in [0.1, 0.15) is 0 Å². The first kappa shape index (κ1) is 13.3. The van der Waals surface area contributed by atoms with E-state index in [9.17, 15) is 5.11 Å². The summed E-state index contributed by atoms with van der Waals surface area (Å²) in [7, 11) is 0. The molecule has 1 saturated heterocycles. The van der Waals surface area contributed by atoms with Crippen molar-refractivity contribution in [2.45, 2.75) is 33.1 Å². The number of hydrogen-bond donors (Lipinski definition) is 1. The van der Waals surface area contributed by atoms with Gasteiger partial charge < -0.3 is 10.0 Å². The van der Waals surface area contributed by atoms with Crippen LogP contribution in [-0.4, -0.2) is 47.8 Å². The lowest BCUT2D eigenvalue weighted by molar-refractivity contribution is 0.0831. The lowest BCUT2D eigenvalue weighted by Gasteiger charge is -2.33. The van der Waals surface area contributed by atoms with Crippen LogP contribution in [0.2, 0.25) is 0 Å². The first-order valence-electron chi connectivity index (χ1n) is 6.11. The summed E-state index contributed by atoms with van der Waals surface area (Å²) >= 11 is 2.06. The van der Waals surface area contributed by atoms with E-state index in [-0.39, 0.29) is 5.41 Å². The summed E-state index contributed by atoms with van der Waals surface area (Å²) in [5.41, 5.74) is 0.115. The Hall–Kier alpha value is 0.270. The molecule has 90 valence electrons. The fourth-order valence-electron chi connectivity index (χ4n) is 2.31. The van der Waals surface area contributed by atoms with E-state index in [0.717, 1.165) is 13.0 Å². The molecule has 1 unspecified atom stereocenters. The third-order valence-electron chi connectivity index (χ3n) is 3.16. The van der Waals surface area contributed by atoms with E-state index in [0.29, 0.717) is 6.61 Å². The minimum atomic E-state index is 0.115. The van der Waals surface area contributed by atoms with Crippen LogP contribution in [0.15, 0.2) is 0 Å². The molecule has 0 aromatic rings. The van der Waals surface area contributed by atoms with Crippen molar-refractivity contribution < 1.29 is 5.11 Å². The summed E-state index contributed by atoms with van der Waals surface area (Å²) in [6, 6.07) is 0. The predicted molar refractivity (Wildman–Crippen MR) is 68.5 cm³/mol. The maximum absolute atomic E-state index is 9.49. The number of hydrogen-bond acceptors (Lipinski definition) is 3. The average molecular weight is 231 g/mol. The average Bonchev–Trinajstić information content (AvgIpc) is 2.47. The van der Waals surface area contributed by atoms with Gasteiger partial charge in [-0.1, -0.05) is 20.3 Å². The zero-order valence-corrected chi connectivity index (χ0v) is 11.0. The van der Waals surface area contributed by atoms with Crippen LogP contribution < -0.4 is 0 Å². The molecule has 0 spiro atoms. The molecule has 0 aromatic carbocycles. The zero-order valence-electron chi connectivity index (χ0n) is 10.2. The lowest BCUT2D eigenvalue weighted by Crippen LogP contribution is -2.39. The summed E-state index contributed by atoms with van der Waals surface area (Å²) in [4.78, 5) is 2.53. The molecule has 1 fully saturated rings. The van der Waals surface area contributed by atoms with Gasteiger partial charge >= 0.3 is 0 Å². The van der Waals surface area contributed by atoms with Crippen LogP contribution >= 0.6 is 11.8 Å². The van der Waals surface area contributed by atoms with Crippen LogP contribution in [0, 0.1) is 5.41 Å². The smallest absolute Gasteiger partial charge is 0.0497 e. The topological polar surface area (TPSA) is 23.5 Å². The molecule has 1 heterocycles. The van der Waals surface area contributed by atoms with E-state index >= 15 is 0 Å². The van der Waals surface area contributed by atoms with Crippen LogP contribution in [0.1, 0.15) is 33.1 Å². The van der Waals surface area contributed by atoms with Gasteiger partial charge in [-0.05, 0) is 25.1 Å². The highest BCUT2D eigenvalue weighted by atomic mass is 32.2. The van der Waals surface area contributed by atoms with Crippen molar-refractivity contribution in [3.8, 4) is 0 Å². The Morgan fingerprint density at radius 1 is 1.33 bits per heavy atom. The van der Waals surface area contributed by atoms with Crippen molar-refractivity contribution in [3.63, 3.8) is 0 Å². The number of thioether (sulfide) groups is 1. The second-order valence-electron chi connectivity index (χ2n) is 4.96. The van der Waals surface area contributed by atoms with Crippen molar-refractivity contribution in [2.75, 3.05) is 37.7 Å². The van der Waals surface area contributed by atoms with E-state index in [2.05, 4.69) is 30.5 Å². The number of rotatable bonds is 5. The van der Waals surface area contributed by atoms with E-state index in [1.807, 2.05) is 0 Å². The van der Waals surface area contributed by atoms with Crippen molar-refractivity contribution in [1.82, 2.24) is 4.90 Å². The molecule has 0 bridgehead atoms. The van der Waals surface area contributed by atoms with Gasteiger partial charge in [-0.15, -0.1) is 0 Å². The number of aliphatic hydroxyl groups is 1. The Morgan fingerprint density at radius 3 is 2.80 bits per heavy atom. The Morgan fingerprint density at radius 2 is 2.13 bits per heavy atom. The van der Waals surface area contributed by atoms with Gasteiger partial charge in [-0.2, -0.15) is 11.8 Å². The highest BCUT2D eigenvalue weighted by Gasteiger charge is 2.25. The Bertz CT molecular complexity index is 169. The van der Waals surface area contributed by atoms with Crippen LogP contribution in [0.5, 0.6) is 0 Å². The molecule has 1 N–H and O–H groups in total. The molecule has 1 atom stereocenters. The molecule has 3 heteroatoms. The zero-order chi connectivity index (χ0) is 11.1. The maximum atomic E-state index is 9.49. The molecule has 0 aliphatic carbocycles. The molecular weight excluding hydrogens is 206 g/mol. The van der Waals surface area contributed by atoms with Gasteiger partial charge in [-0.25, -0.2) is 0 Å². The first-order chi connectivity index (χ1) is 7.20. The molecular formula is C12H25NOS. The molecule has 0 aromatic heterocycles. The fourth-order valence-corrected chi connectivity index (χ4v) is 3.23. The molecule has 0 saturated carbocycles. The van der Waals surface area contributed by atoms with Gasteiger partial charge in [-0.3, -0.25) is 0 Å². The SMILES string of the molecule is CCCC(C)(CO)CN1CCCSCC1. The minimum absolute atomic E-state index is 0.115. The largest absolute Gasteiger partial charge is 0.396 e. The van der Waals surface area contributed by atoms with E-state index in [4.69, 9.17) is 0 Å². The molecule has 0 amide bonds. The lowest BCUT2D eigenvalue weighted by atomic mass is 9.86. The van der Waals surface area contributed by atoms with Crippen LogP contribution in [0.4, 0.5) is 0 Å². The van der Waals surface area contributed by atoms with E-state index in [1.165, 1.54) is 37.4 Å². The Labute approximate surface area is 98.4 Å². The molecule has 1 aliphatic rings. The maximum Gasteiger partial charge on any atom is 0.0497 e. The summed E-state index contributed by atoms with van der Waals surface area (Å²) < 4.78 is 0. The first-order valence-corrected chi connectivity index (χ1v) is 7.26. The highest BCUT2D eigenvalue weighted by molar-refractivity contribution is 7.99. The van der Waals surface area contributed by atoms with Crippen LogP contribution in [0.3, 0.4) is 0 Å². The van der Waals surface area contributed by atoms with Crippen molar-refractivity contribution >= 4 is 11.8 Å². The minimum Gasteiger partial charge on any atom is -0.396 e. The molecule has 0 radical (unpaired) electrons. The molecule has 1 rings (SSSR count). The van der Waals surface area contributed by atoms with Gasteiger partial charge in [0.25, 0.3) is 0 Å². The van der Waals surface area contributed by atoms with E-state index in [1.54, 1.807) is 0 Å². The summed E-state index contributed by atoms with van der Waals surface area (Å²) in [5.74, 6) is 2.56. The third-order valence-corrected chi connectivity index (χ3v) is 4.20. The molecule has 1 aliphatic heterocycles. The summed E-state index contributed by atoms with van der Waals surface area (Å²) in [6.07, 6.45) is 3.60. The second-order valence-corrected chi connectivity index (χ2v) is 6.19. The molecule has 15 heavy (non-hydrogen) atoms. The Kier molecular flexibility index (Phi) is 6.02. The number of aliphatic hydroxyl groups excluding tert-OH is 1. The third kappa shape index (κ3) is 4.75. The van der Waals surface area contributed by atoms with Gasteiger partial charge in [0.15, 0.2) is 0 Å². The standard InChI is InChI=1S/C12H25NOS/c1-3-5-12(2,11-14)10-13-6-4-8-15-9-7-13/h14H,3-11H2,1-2H3. The van der Waals surface area contributed by atoms with Gasteiger partial charge in [0.2, 0.25) is 0 Å². The van der Waals surface area contributed by atoms with Gasteiger partial charge in [0.05, 0.1) is 0 Å². The quantitative estimate of drug-likeness (QED) is 0.785. The fraction of sp³-hybridized carbons (Fsp3) is 1.00. The highest BCUT2D eigenvalue weighted by Crippen LogP contribution is 2.25. The normalized spacial score (nSPS) is 23.4. The van der Waals surface area contributed by atoms with Crippen LogP contribution in [-0.2, 0) is 0 Å². The van der Waals surface area contributed by atoms with Crippen LogP contribution in [0.25, 0.3) is 0 Å². The summed E-state index contributed by atoms with van der Waals surface area (Å²) in [5, 5.41) is 9.49. The number of nitrogens with zero attached hydrogens (tertiary/aromatic N) is 1. The van der Waals surface area contributed by atoms with Crippen molar-refractivity contribution in [1.29, 1.82) is 0 Å².